The van der Waals surface area contributed by atoms with Crippen molar-refractivity contribution in [2.24, 2.45) is 23.7 Å². The summed E-state index contributed by atoms with van der Waals surface area (Å²) in [7, 11) is -1.71. The fourth-order valence-electron chi connectivity index (χ4n) is 16.0. The minimum Gasteiger partial charge on any atom is -0.405 e. The summed E-state index contributed by atoms with van der Waals surface area (Å²) in [6.45, 7) is 52.3. The van der Waals surface area contributed by atoms with Crippen LogP contribution in [0.3, 0.4) is 0 Å². The number of hydrogen-bond donors (Lipinski definition) is 0. The van der Waals surface area contributed by atoms with Gasteiger partial charge in [0.1, 0.15) is 0 Å². The highest BCUT2D eigenvalue weighted by molar-refractivity contribution is 9.10. The molecule has 4 heterocycles. The van der Waals surface area contributed by atoms with Crippen molar-refractivity contribution in [3.63, 3.8) is 0 Å². The summed E-state index contributed by atoms with van der Waals surface area (Å²) in [4.78, 5) is 0. The van der Waals surface area contributed by atoms with Gasteiger partial charge in [0.05, 0.1) is 44.8 Å². The lowest BCUT2D eigenvalue weighted by atomic mass is 9.49. The van der Waals surface area contributed by atoms with Crippen LogP contribution in [0.5, 0.6) is 0 Å². The lowest BCUT2D eigenvalue weighted by Crippen LogP contribution is -2.41. The van der Waals surface area contributed by atoms with Gasteiger partial charge in [-0.2, -0.15) is 0 Å². The van der Waals surface area contributed by atoms with Crippen molar-refractivity contribution in [2.45, 2.75) is 350 Å². The molecule has 0 N–H and O–H groups in total. The van der Waals surface area contributed by atoms with Crippen LogP contribution < -0.4 is 10.9 Å². The number of halogens is 2. The van der Waals surface area contributed by atoms with Gasteiger partial charge in [0.25, 0.3) is 0 Å². The van der Waals surface area contributed by atoms with Crippen LogP contribution in [0, 0.1) is 23.7 Å². The highest BCUT2D eigenvalue weighted by Crippen LogP contribution is 2.59. The van der Waals surface area contributed by atoms with Crippen molar-refractivity contribution in [1.29, 1.82) is 0 Å². The van der Waals surface area contributed by atoms with E-state index in [1.54, 1.807) is 11.1 Å². The zero-order chi connectivity index (χ0) is 70.8. The number of rotatable bonds is 27. The highest BCUT2D eigenvalue weighted by Gasteiger charge is 2.64. The predicted octanol–water partition coefficient (Wildman–Crippen LogP) is 22.7. The van der Waals surface area contributed by atoms with Crippen LogP contribution in [0.4, 0.5) is 0 Å². The number of hydrogen-bond acceptors (Lipinski definition) is 8. The van der Waals surface area contributed by atoms with E-state index < -0.39 is 14.0 Å². The molecule has 4 atom stereocenters. The van der Waals surface area contributed by atoms with Crippen LogP contribution in [0.25, 0.3) is 22.3 Å². The lowest BCUT2D eigenvalue weighted by molar-refractivity contribution is 0.00578. The summed E-state index contributed by atoms with van der Waals surface area (Å²) in [5, 5.41) is 0. The van der Waals surface area contributed by atoms with Crippen molar-refractivity contribution in [3.05, 3.63) is 104 Å². The third-order valence-electron chi connectivity index (χ3n) is 25.2. The van der Waals surface area contributed by atoms with Gasteiger partial charge in [-0.15, -0.1) is 0 Å². The first-order valence-corrected chi connectivity index (χ1v) is 39.8. The Bertz CT molecular complexity index is 2950. The summed E-state index contributed by atoms with van der Waals surface area (Å²) in [6.07, 6.45) is 25.4. The maximum absolute atomic E-state index is 6.64. The van der Waals surface area contributed by atoms with Gasteiger partial charge in [0.2, 0.25) is 0 Å². The monoisotopic (exact) mass is 1440 g/mol. The predicted molar refractivity (Wildman–Crippen MR) is 416 cm³/mol. The lowest BCUT2D eigenvalue weighted by Gasteiger charge is -2.39. The first-order chi connectivity index (χ1) is 44.9. The van der Waals surface area contributed by atoms with Crippen LogP contribution in [0.15, 0.2) is 81.7 Å². The summed E-state index contributed by atoms with van der Waals surface area (Å²) < 4.78 is 52.8. The Morgan fingerprint density at radius 3 is 0.750 bits per heavy atom. The third-order valence-corrected chi connectivity index (χ3v) is 26.2. The van der Waals surface area contributed by atoms with Gasteiger partial charge in [0.15, 0.2) is 0 Å². The Balaban J connectivity index is 0.000000205. The van der Waals surface area contributed by atoms with E-state index in [1.165, 1.54) is 158 Å². The first kappa shape index (κ1) is 79.5. The van der Waals surface area contributed by atoms with Gasteiger partial charge in [-0.3, -0.25) is 0 Å². The molecule has 0 spiro atoms. The second-order valence-electron chi connectivity index (χ2n) is 34.1. The topological polar surface area (TPSA) is 73.8 Å². The Kier molecular flexibility index (Phi) is 26.0. The molecule has 0 saturated carbocycles. The van der Waals surface area contributed by atoms with Crippen molar-refractivity contribution < 1.29 is 37.2 Å². The molecular formula is C82H128B4Br2O8. The summed E-state index contributed by atoms with van der Waals surface area (Å²) in [5.74, 6) is 2.86. The Labute approximate surface area is 604 Å². The second-order valence-corrected chi connectivity index (χ2v) is 35.9. The van der Waals surface area contributed by atoms with Crippen LogP contribution in [-0.2, 0) is 48.1 Å². The molecule has 4 fully saturated rings. The molecule has 0 radical (unpaired) electrons. The fraction of sp³-hybridized carbons (Fsp3) is 0.707. The van der Waals surface area contributed by atoms with Gasteiger partial charge in [-0.05, 0) is 240 Å². The average molecular weight is 1440 g/mol. The summed E-state index contributed by atoms with van der Waals surface area (Å²) in [5.41, 5.74) is 11.1. The van der Waals surface area contributed by atoms with Crippen molar-refractivity contribution in [3.8, 4) is 22.3 Å². The molecule has 4 unspecified atom stereocenters. The molecular weight excluding hydrogens is 1320 g/mol. The van der Waals surface area contributed by atoms with E-state index in [0.717, 1.165) is 35.6 Å². The van der Waals surface area contributed by atoms with Gasteiger partial charge in [-0.25, -0.2) is 0 Å². The van der Waals surface area contributed by atoms with Crippen LogP contribution in [-0.4, -0.2) is 73.1 Å². The third kappa shape index (κ3) is 16.5. The molecule has 4 aliphatic heterocycles. The number of unbranched alkanes of at least 4 members (excludes halogenated alkanes) is 4. The van der Waals surface area contributed by atoms with Gasteiger partial charge in [0, 0.05) is 19.8 Å². The molecule has 0 amide bonds. The van der Waals surface area contributed by atoms with E-state index in [0.29, 0.717) is 11.8 Å². The molecule has 96 heavy (non-hydrogen) atoms. The SMILES string of the molecule is CC1(C)OB(B2OC(C)(C)C(C)(C)O2)OC1(C)C.CCCCC(CC)CC1(CC(CC)CCCC)c2cc(B3OC(C)(C)C(C)(C)O3)ccc2-c2ccc(B3OC(C)(C)C(C)(C)O3)cc21.CCCCC(CC)CC1(CC(CC)CCCC)c2cc(Br)ccc2-c2ccc(Br)cc21. The minimum atomic E-state index is -0.476. The maximum atomic E-state index is 6.64. The molecule has 2 aliphatic carbocycles. The molecule has 6 aliphatic rings. The Hall–Kier alpha value is -2.22. The second kappa shape index (κ2) is 31.4. The smallest absolute Gasteiger partial charge is 0.405 e. The zero-order valence-electron chi connectivity index (χ0n) is 64.7. The van der Waals surface area contributed by atoms with Crippen molar-refractivity contribution in [2.75, 3.05) is 0 Å². The van der Waals surface area contributed by atoms with E-state index in [4.69, 9.17) is 37.2 Å². The summed E-state index contributed by atoms with van der Waals surface area (Å²) in [6, 6.07) is 28.3. The maximum Gasteiger partial charge on any atom is 0.494 e. The minimum absolute atomic E-state index is 0.104. The van der Waals surface area contributed by atoms with E-state index in [9.17, 15) is 0 Å². The van der Waals surface area contributed by atoms with Crippen molar-refractivity contribution >= 4 is 71.0 Å². The summed E-state index contributed by atoms with van der Waals surface area (Å²) >= 11 is 7.63. The first-order valence-electron chi connectivity index (χ1n) is 38.2. The molecule has 4 saturated heterocycles. The number of benzene rings is 4. The van der Waals surface area contributed by atoms with Crippen LogP contribution >= 0.6 is 31.9 Å². The van der Waals surface area contributed by atoms with Gasteiger partial charge >= 0.3 is 28.3 Å². The standard InChI is InChI=1S/C41H64B2O4.C29H40Br2.C12H24B2O4/c1-13-17-19-29(15-3)27-41(28-30(16-4)20-18-14-2)35-25-31(42-44-37(5,6)38(7,8)45-42)21-23-33(35)34-24-22-32(26-36(34)41)43-46-39(9,10)40(11,12)47-43;1-5-9-11-21(7-3)19-29(20-22(8-4)12-10-6-2)27-17-23(30)13-15-25(27)26-16-14-24(31)18-28(26)29;1-9(2)10(3,4)16-13(15-9)14-17-11(5,6)12(7,8)18-14/h21-26,29-30H,13-20,27-28H2,1-12H3;13-18,21-22H,5-12,19-20H2,1-4H3;1-8H3. The van der Waals surface area contributed by atoms with E-state index in [2.05, 4.69) is 215 Å². The normalized spacial score (nSPS) is 22.3. The van der Waals surface area contributed by atoms with Crippen LogP contribution in [0.1, 0.15) is 317 Å². The van der Waals surface area contributed by atoms with Gasteiger partial charge < -0.3 is 37.2 Å². The molecule has 4 aromatic rings. The molecule has 530 valence electrons. The molecule has 4 aromatic carbocycles. The van der Waals surface area contributed by atoms with E-state index in [-0.39, 0.29) is 69.9 Å². The fourth-order valence-corrected chi connectivity index (χ4v) is 16.7. The molecule has 8 nitrogen and oxygen atoms in total. The zero-order valence-corrected chi connectivity index (χ0v) is 67.9. The quantitative estimate of drug-likeness (QED) is 0.0547. The van der Waals surface area contributed by atoms with E-state index >= 15 is 0 Å². The van der Waals surface area contributed by atoms with Crippen LogP contribution in [0.2, 0.25) is 0 Å². The molecule has 0 aromatic heterocycles. The van der Waals surface area contributed by atoms with Gasteiger partial charge in [-0.1, -0.05) is 239 Å². The highest BCUT2D eigenvalue weighted by atomic mass is 79.9. The van der Waals surface area contributed by atoms with Crippen molar-refractivity contribution in [1.82, 2.24) is 0 Å². The molecule has 10 rings (SSSR count). The Morgan fingerprint density at radius 1 is 0.302 bits per heavy atom. The Morgan fingerprint density at radius 2 is 0.521 bits per heavy atom. The largest absolute Gasteiger partial charge is 0.494 e. The molecule has 14 heteroatoms. The van der Waals surface area contributed by atoms with E-state index in [1.807, 2.05) is 55.4 Å². The average Bonchev–Trinajstić information content (AvgIpc) is 1.56. The molecule has 0 bridgehead atoms. The number of fused-ring (bicyclic) bond motifs is 6.